The van der Waals surface area contributed by atoms with Crippen molar-refractivity contribution in [3.63, 3.8) is 0 Å². The molecule has 1 heterocycles. The Balaban J connectivity index is 1.97. The molecule has 2 unspecified atom stereocenters. The van der Waals surface area contributed by atoms with Crippen molar-refractivity contribution >= 4 is 55.0 Å². The monoisotopic (exact) mass is 550 g/mol. The van der Waals surface area contributed by atoms with Crippen molar-refractivity contribution < 1.29 is 16.8 Å². The average Bonchev–Trinajstić information content (AvgIpc) is 2.88. The van der Waals surface area contributed by atoms with Crippen molar-refractivity contribution in [2.45, 2.75) is 34.1 Å². The van der Waals surface area contributed by atoms with Crippen LogP contribution in [0.4, 0.5) is 0 Å². The second kappa shape index (κ2) is 11.3. The van der Waals surface area contributed by atoms with Crippen molar-refractivity contribution in [1.29, 1.82) is 0 Å². The second-order valence-electron chi connectivity index (χ2n) is 8.04. The smallest absolute Gasteiger partial charge is 0.207 e. The summed E-state index contributed by atoms with van der Waals surface area (Å²) in [5.74, 6) is 0.450. The van der Waals surface area contributed by atoms with Crippen molar-refractivity contribution in [3.8, 4) is 0 Å². The van der Waals surface area contributed by atoms with Crippen LogP contribution in [0, 0.1) is 13.8 Å². The van der Waals surface area contributed by atoms with Crippen LogP contribution in [0.5, 0.6) is 0 Å². The first kappa shape index (κ1) is 26.8. The van der Waals surface area contributed by atoms with Crippen LogP contribution < -0.4 is 0 Å². The SMILES string of the molecule is Cc1ccc(S(=O)(=O)N2CCN(S(=O)(=O)c3ccc(C)cc3)CC(CCl)SC(CCl)C2)cc1. The molecule has 0 aliphatic carbocycles. The van der Waals surface area contributed by atoms with E-state index in [2.05, 4.69) is 0 Å². The van der Waals surface area contributed by atoms with Gasteiger partial charge >= 0.3 is 0 Å². The summed E-state index contributed by atoms with van der Waals surface area (Å²) in [6.07, 6.45) is 0. The molecule has 1 aliphatic rings. The van der Waals surface area contributed by atoms with E-state index >= 15 is 0 Å². The Morgan fingerprint density at radius 1 is 0.727 bits per heavy atom. The standard InChI is InChI=1S/C22H28Cl2N2O4S3/c1-17-3-7-21(8-4-17)32(27,28)25-11-12-26(16-20(14-24)31-19(13-23)15-25)33(29,30)22-9-5-18(2)6-10-22/h3-10,19-20H,11-16H2,1-2H3. The molecular weight excluding hydrogens is 523 g/mol. The highest BCUT2D eigenvalue weighted by molar-refractivity contribution is 8.00. The molecule has 2 aromatic rings. The number of hydrogen-bond donors (Lipinski definition) is 0. The van der Waals surface area contributed by atoms with Crippen LogP contribution in [-0.4, -0.2) is 73.9 Å². The first-order valence-electron chi connectivity index (χ1n) is 10.5. The highest BCUT2D eigenvalue weighted by Gasteiger charge is 2.34. The van der Waals surface area contributed by atoms with Crippen LogP contribution in [0.25, 0.3) is 0 Å². The maximum atomic E-state index is 13.4. The molecule has 0 radical (unpaired) electrons. The number of hydrogen-bond acceptors (Lipinski definition) is 5. The molecule has 2 atom stereocenters. The van der Waals surface area contributed by atoms with E-state index in [-0.39, 0.29) is 58.2 Å². The summed E-state index contributed by atoms with van der Waals surface area (Å²) in [5, 5.41) is -0.449. The summed E-state index contributed by atoms with van der Waals surface area (Å²) in [4.78, 5) is 0.347. The minimum absolute atomic E-state index is 0.0181. The Morgan fingerprint density at radius 2 is 1.06 bits per heavy atom. The molecule has 2 aromatic carbocycles. The van der Waals surface area contributed by atoms with Gasteiger partial charge < -0.3 is 0 Å². The lowest BCUT2D eigenvalue weighted by atomic mass is 10.2. The zero-order valence-corrected chi connectivity index (χ0v) is 22.5. The number of rotatable bonds is 6. The van der Waals surface area contributed by atoms with Gasteiger partial charge in [-0.1, -0.05) is 35.4 Å². The summed E-state index contributed by atoms with van der Waals surface area (Å²) in [6.45, 7) is 4.16. The van der Waals surface area contributed by atoms with Crippen molar-refractivity contribution in [2.75, 3.05) is 37.9 Å². The molecular formula is C22H28Cl2N2O4S3. The third kappa shape index (κ3) is 6.45. The molecule has 0 spiro atoms. The number of nitrogens with zero attached hydrogens (tertiary/aromatic N) is 2. The normalized spacial score (nSPS) is 21.8. The molecule has 0 saturated carbocycles. The number of benzene rings is 2. The zero-order valence-electron chi connectivity index (χ0n) is 18.5. The Labute approximate surface area is 211 Å². The molecule has 0 amide bonds. The number of thioether (sulfide) groups is 1. The van der Waals surface area contributed by atoms with Crippen molar-refractivity contribution in [3.05, 3.63) is 59.7 Å². The number of aryl methyl sites for hydroxylation is 2. The molecule has 0 aromatic heterocycles. The quantitative estimate of drug-likeness (QED) is 0.509. The van der Waals surface area contributed by atoms with Gasteiger partial charge in [-0.3, -0.25) is 0 Å². The van der Waals surface area contributed by atoms with E-state index in [4.69, 9.17) is 23.2 Å². The second-order valence-corrected chi connectivity index (χ2v) is 14.1. The Kier molecular flexibility index (Phi) is 9.16. The molecule has 0 N–H and O–H groups in total. The van der Waals surface area contributed by atoms with Crippen LogP contribution in [0.15, 0.2) is 58.3 Å². The van der Waals surface area contributed by atoms with Gasteiger partial charge in [0.2, 0.25) is 20.0 Å². The maximum Gasteiger partial charge on any atom is 0.243 e. The van der Waals surface area contributed by atoms with E-state index in [0.717, 1.165) is 11.1 Å². The van der Waals surface area contributed by atoms with Gasteiger partial charge in [-0.2, -0.15) is 8.61 Å². The van der Waals surface area contributed by atoms with Crippen molar-refractivity contribution in [2.24, 2.45) is 0 Å². The van der Waals surface area contributed by atoms with Gasteiger partial charge in [-0.25, -0.2) is 16.8 Å². The molecule has 1 saturated heterocycles. The first-order chi connectivity index (χ1) is 15.6. The van der Waals surface area contributed by atoms with Gasteiger partial charge in [0.15, 0.2) is 0 Å². The summed E-state index contributed by atoms with van der Waals surface area (Å²) < 4.78 is 56.4. The highest BCUT2D eigenvalue weighted by Crippen LogP contribution is 2.29. The van der Waals surface area contributed by atoms with Gasteiger partial charge in [0, 0.05) is 48.4 Å². The fourth-order valence-electron chi connectivity index (χ4n) is 3.54. The minimum Gasteiger partial charge on any atom is -0.207 e. The van der Waals surface area contributed by atoms with E-state index in [1.54, 1.807) is 48.5 Å². The molecule has 11 heteroatoms. The van der Waals surface area contributed by atoms with Gasteiger partial charge in [0.1, 0.15) is 0 Å². The fourth-order valence-corrected chi connectivity index (χ4v) is 8.54. The Hall–Kier alpha value is -0.810. The largest absolute Gasteiger partial charge is 0.243 e. The highest BCUT2D eigenvalue weighted by atomic mass is 35.5. The summed E-state index contributed by atoms with van der Waals surface area (Å²) in [6, 6.07) is 13.3. The van der Waals surface area contributed by atoms with Gasteiger partial charge in [0.05, 0.1) is 9.79 Å². The molecule has 182 valence electrons. The molecule has 1 fully saturated rings. The van der Waals surface area contributed by atoms with Crippen LogP contribution >= 0.6 is 35.0 Å². The van der Waals surface area contributed by atoms with Gasteiger partial charge in [-0.15, -0.1) is 35.0 Å². The number of alkyl halides is 2. The van der Waals surface area contributed by atoms with E-state index in [1.807, 2.05) is 13.8 Å². The zero-order chi connectivity index (χ0) is 24.2. The lowest BCUT2D eigenvalue weighted by Gasteiger charge is -2.26. The number of halogens is 2. The maximum absolute atomic E-state index is 13.4. The summed E-state index contributed by atoms with van der Waals surface area (Å²) in [5.41, 5.74) is 1.90. The Bertz CT molecular complexity index is 1050. The predicted molar refractivity (Wildman–Crippen MR) is 136 cm³/mol. The van der Waals surface area contributed by atoms with Crippen molar-refractivity contribution in [1.82, 2.24) is 8.61 Å². The molecule has 6 nitrogen and oxygen atoms in total. The predicted octanol–water partition coefficient (Wildman–Crippen LogP) is 3.95. The fraction of sp³-hybridized carbons (Fsp3) is 0.455. The lowest BCUT2D eigenvalue weighted by Crippen LogP contribution is -2.43. The van der Waals surface area contributed by atoms with Gasteiger partial charge in [-0.05, 0) is 38.1 Å². The number of sulfonamides is 2. The van der Waals surface area contributed by atoms with E-state index in [0.29, 0.717) is 0 Å². The third-order valence-corrected chi connectivity index (χ3v) is 11.7. The Morgan fingerprint density at radius 3 is 1.36 bits per heavy atom. The molecule has 1 aliphatic heterocycles. The van der Waals surface area contributed by atoms with Crippen LogP contribution in [0.3, 0.4) is 0 Å². The first-order valence-corrected chi connectivity index (χ1v) is 15.4. The van der Waals surface area contributed by atoms with Gasteiger partial charge in [0.25, 0.3) is 0 Å². The van der Waals surface area contributed by atoms with Crippen LogP contribution in [0.1, 0.15) is 11.1 Å². The lowest BCUT2D eigenvalue weighted by molar-refractivity contribution is 0.352. The molecule has 3 rings (SSSR count). The van der Waals surface area contributed by atoms with Crippen LogP contribution in [0.2, 0.25) is 0 Å². The molecule has 0 bridgehead atoms. The van der Waals surface area contributed by atoms with Crippen LogP contribution in [-0.2, 0) is 20.0 Å². The van der Waals surface area contributed by atoms with E-state index < -0.39 is 20.0 Å². The average molecular weight is 552 g/mol. The summed E-state index contributed by atoms with van der Waals surface area (Å²) in [7, 11) is -7.67. The van der Waals surface area contributed by atoms with E-state index in [1.165, 1.54) is 20.4 Å². The molecule has 33 heavy (non-hydrogen) atoms. The summed E-state index contributed by atoms with van der Waals surface area (Å²) >= 11 is 13.8. The topological polar surface area (TPSA) is 74.8 Å². The van der Waals surface area contributed by atoms with E-state index in [9.17, 15) is 16.8 Å². The minimum atomic E-state index is -3.83. The third-order valence-electron chi connectivity index (χ3n) is 5.46.